The van der Waals surface area contributed by atoms with Gasteiger partial charge in [-0.15, -0.1) is 11.3 Å². The van der Waals surface area contributed by atoms with Crippen molar-refractivity contribution >= 4 is 17.2 Å². The Morgan fingerprint density at radius 2 is 2.40 bits per heavy atom. The molecule has 1 fully saturated rings. The molecule has 1 saturated heterocycles. The number of hydrogen-bond donors (Lipinski definition) is 0. The van der Waals surface area contributed by atoms with E-state index in [0.29, 0.717) is 5.69 Å². The summed E-state index contributed by atoms with van der Waals surface area (Å²) < 4.78 is 1.94. The molecule has 0 unspecified atom stereocenters. The van der Waals surface area contributed by atoms with E-state index in [9.17, 15) is 4.79 Å². The van der Waals surface area contributed by atoms with Gasteiger partial charge in [0.1, 0.15) is 5.69 Å². The van der Waals surface area contributed by atoms with E-state index >= 15 is 0 Å². The minimum atomic E-state index is 0.0554. The number of thiazole rings is 1. The molecular weight excluding hydrogens is 272 g/mol. The molecule has 0 bridgehead atoms. The van der Waals surface area contributed by atoms with Crippen molar-refractivity contribution in [3.63, 3.8) is 0 Å². The predicted octanol–water partition coefficient (Wildman–Crippen LogP) is 2.34. The molecule has 106 valence electrons. The van der Waals surface area contributed by atoms with Gasteiger partial charge < -0.3 is 4.90 Å². The SMILES string of the molecule is Cc1cnn(C[C@@H]2CCCCN2C(=O)c2cscn2)c1. The molecule has 2 aromatic heterocycles. The number of rotatable bonds is 3. The van der Waals surface area contributed by atoms with Crippen molar-refractivity contribution in [2.24, 2.45) is 0 Å². The van der Waals surface area contributed by atoms with E-state index in [1.165, 1.54) is 17.8 Å². The van der Waals surface area contributed by atoms with Crippen molar-refractivity contribution in [3.8, 4) is 0 Å². The molecule has 3 rings (SSSR count). The Bertz CT molecular complexity index is 578. The molecule has 3 heterocycles. The zero-order valence-electron chi connectivity index (χ0n) is 11.5. The van der Waals surface area contributed by atoms with Crippen LogP contribution in [0.2, 0.25) is 0 Å². The number of likely N-dealkylation sites (tertiary alicyclic amines) is 1. The fourth-order valence-corrected chi connectivity index (χ4v) is 3.23. The Labute approximate surface area is 122 Å². The molecule has 0 spiro atoms. The monoisotopic (exact) mass is 290 g/mol. The number of hydrogen-bond acceptors (Lipinski definition) is 4. The molecule has 1 aliphatic rings. The smallest absolute Gasteiger partial charge is 0.273 e. The standard InChI is InChI=1S/C14H18N4OS/c1-11-6-16-17(7-11)8-12-4-2-3-5-18(12)14(19)13-9-20-10-15-13/h6-7,9-10,12H,2-5,8H2,1H3/t12-/m0/s1. The van der Waals surface area contributed by atoms with Crippen LogP contribution in [0, 0.1) is 6.92 Å². The van der Waals surface area contributed by atoms with E-state index in [0.717, 1.165) is 31.5 Å². The summed E-state index contributed by atoms with van der Waals surface area (Å²) in [6.45, 7) is 3.62. The quantitative estimate of drug-likeness (QED) is 0.872. The van der Waals surface area contributed by atoms with E-state index in [1.807, 2.05) is 34.3 Å². The summed E-state index contributed by atoms with van der Waals surface area (Å²) in [6, 6.07) is 0.220. The van der Waals surface area contributed by atoms with Gasteiger partial charge >= 0.3 is 0 Å². The summed E-state index contributed by atoms with van der Waals surface area (Å²) in [5.41, 5.74) is 3.43. The van der Waals surface area contributed by atoms with Crippen molar-refractivity contribution in [3.05, 3.63) is 34.5 Å². The highest BCUT2D eigenvalue weighted by molar-refractivity contribution is 7.07. The van der Waals surface area contributed by atoms with Gasteiger partial charge in [-0.05, 0) is 31.7 Å². The fourth-order valence-electron chi connectivity index (χ4n) is 2.71. The molecule has 20 heavy (non-hydrogen) atoms. The van der Waals surface area contributed by atoms with E-state index in [-0.39, 0.29) is 11.9 Å². The number of piperidine rings is 1. The summed E-state index contributed by atoms with van der Waals surface area (Å²) in [7, 11) is 0. The van der Waals surface area contributed by atoms with Crippen molar-refractivity contribution < 1.29 is 4.79 Å². The molecule has 0 N–H and O–H groups in total. The Morgan fingerprint density at radius 1 is 1.50 bits per heavy atom. The Balaban J connectivity index is 1.75. The summed E-state index contributed by atoms with van der Waals surface area (Å²) in [6.07, 6.45) is 7.17. The lowest BCUT2D eigenvalue weighted by Gasteiger charge is -2.35. The molecular formula is C14H18N4OS. The average molecular weight is 290 g/mol. The normalized spacial score (nSPS) is 19.2. The lowest BCUT2D eigenvalue weighted by molar-refractivity contribution is 0.0578. The maximum atomic E-state index is 12.5. The van der Waals surface area contributed by atoms with Crippen LogP contribution >= 0.6 is 11.3 Å². The first-order valence-electron chi connectivity index (χ1n) is 6.92. The molecule has 0 saturated carbocycles. The molecule has 0 aliphatic carbocycles. The van der Waals surface area contributed by atoms with Crippen LogP contribution in [0.5, 0.6) is 0 Å². The maximum Gasteiger partial charge on any atom is 0.273 e. The molecule has 1 atom stereocenters. The van der Waals surface area contributed by atoms with Gasteiger partial charge in [-0.2, -0.15) is 5.10 Å². The number of aryl methyl sites for hydroxylation is 1. The van der Waals surface area contributed by atoms with Crippen LogP contribution < -0.4 is 0 Å². The zero-order chi connectivity index (χ0) is 13.9. The van der Waals surface area contributed by atoms with Crippen LogP contribution in [-0.4, -0.2) is 38.2 Å². The second-order valence-electron chi connectivity index (χ2n) is 5.26. The first-order chi connectivity index (χ1) is 9.74. The number of carbonyl (C=O) groups is 1. The molecule has 0 aromatic carbocycles. The van der Waals surface area contributed by atoms with E-state index in [4.69, 9.17) is 0 Å². The van der Waals surface area contributed by atoms with Crippen molar-refractivity contribution in [1.29, 1.82) is 0 Å². The highest BCUT2D eigenvalue weighted by Crippen LogP contribution is 2.21. The van der Waals surface area contributed by atoms with Crippen molar-refractivity contribution in [2.75, 3.05) is 6.54 Å². The van der Waals surface area contributed by atoms with Gasteiger partial charge in [-0.1, -0.05) is 0 Å². The Kier molecular flexibility index (Phi) is 3.82. The van der Waals surface area contributed by atoms with Gasteiger partial charge in [-0.3, -0.25) is 9.48 Å². The predicted molar refractivity (Wildman–Crippen MR) is 77.8 cm³/mol. The highest BCUT2D eigenvalue weighted by atomic mass is 32.1. The van der Waals surface area contributed by atoms with E-state index < -0.39 is 0 Å². The van der Waals surface area contributed by atoms with Crippen LogP contribution in [0.15, 0.2) is 23.3 Å². The number of nitrogens with zero attached hydrogens (tertiary/aromatic N) is 4. The minimum Gasteiger partial charge on any atom is -0.332 e. The largest absolute Gasteiger partial charge is 0.332 e. The van der Waals surface area contributed by atoms with Gasteiger partial charge in [0.25, 0.3) is 5.91 Å². The highest BCUT2D eigenvalue weighted by Gasteiger charge is 2.28. The third kappa shape index (κ3) is 2.75. The molecule has 5 nitrogen and oxygen atoms in total. The third-order valence-corrected chi connectivity index (χ3v) is 4.29. The molecule has 6 heteroatoms. The Hall–Kier alpha value is -1.69. The van der Waals surface area contributed by atoms with Crippen LogP contribution in [0.3, 0.4) is 0 Å². The van der Waals surface area contributed by atoms with Gasteiger partial charge in [0.15, 0.2) is 0 Å². The Morgan fingerprint density at radius 3 is 3.10 bits per heavy atom. The zero-order valence-corrected chi connectivity index (χ0v) is 12.3. The van der Waals surface area contributed by atoms with Gasteiger partial charge in [0.2, 0.25) is 0 Å². The van der Waals surface area contributed by atoms with E-state index in [2.05, 4.69) is 10.1 Å². The van der Waals surface area contributed by atoms with Crippen LogP contribution in [0.25, 0.3) is 0 Å². The van der Waals surface area contributed by atoms with E-state index in [1.54, 1.807) is 5.51 Å². The summed E-state index contributed by atoms with van der Waals surface area (Å²) >= 11 is 1.46. The third-order valence-electron chi connectivity index (χ3n) is 3.70. The van der Waals surface area contributed by atoms with Crippen molar-refractivity contribution in [1.82, 2.24) is 19.7 Å². The van der Waals surface area contributed by atoms with Crippen LogP contribution in [0.1, 0.15) is 35.3 Å². The lowest BCUT2D eigenvalue weighted by atomic mass is 10.0. The summed E-state index contributed by atoms with van der Waals surface area (Å²) in [5, 5.41) is 6.16. The maximum absolute atomic E-state index is 12.5. The van der Waals surface area contributed by atoms with Gasteiger partial charge in [0.05, 0.1) is 24.3 Å². The lowest BCUT2D eigenvalue weighted by Crippen LogP contribution is -2.46. The minimum absolute atomic E-state index is 0.0554. The fraction of sp³-hybridized carbons (Fsp3) is 0.500. The first-order valence-corrected chi connectivity index (χ1v) is 7.86. The topological polar surface area (TPSA) is 51.0 Å². The van der Waals surface area contributed by atoms with Gasteiger partial charge in [0, 0.05) is 18.1 Å². The molecule has 2 aromatic rings. The molecule has 1 amide bonds. The first kappa shape index (κ1) is 13.3. The average Bonchev–Trinajstić information content (AvgIpc) is 3.10. The van der Waals surface area contributed by atoms with Crippen molar-refractivity contribution in [2.45, 2.75) is 38.8 Å². The number of carbonyl (C=O) groups excluding carboxylic acids is 1. The second kappa shape index (κ2) is 5.75. The molecule has 0 radical (unpaired) electrons. The second-order valence-corrected chi connectivity index (χ2v) is 5.98. The summed E-state index contributed by atoms with van der Waals surface area (Å²) in [4.78, 5) is 18.6. The summed E-state index contributed by atoms with van der Waals surface area (Å²) in [5.74, 6) is 0.0554. The number of amides is 1. The van der Waals surface area contributed by atoms with Gasteiger partial charge in [-0.25, -0.2) is 4.98 Å². The molecule has 1 aliphatic heterocycles. The number of aromatic nitrogens is 3. The van der Waals surface area contributed by atoms with Crippen LogP contribution in [0.4, 0.5) is 0 Å². The van der Waals surface area contributed by atoms with Crippen LogP contribution in [-0.2, 0) is 6.54 Å².